The lowest BCUT2D eigenvalue weighted by molar-refractivity contribution is 0.102. The Labute approximate surface area is 145 Å². The van der Waals surface area contributed by atoms with Gasteiger partial charge in [-0.3, -0.25) is 9.89 Å². The maximum absolute atomic E-state index is 12.5. The van der Waals surface area contributed by atoms with Crippen molar-refractivity contribution in [3.8, 4) is 11.3 Å². The predicted octanol–water partition coefficient (Wildman–Crippen LogP) is 4.30. The fraction of sp³-hybridized carbons (Fsp3) is 0.100. The Bertz CT molecular complexity index is 1030. The van der Waals surface area contributed by atoms with Crippen LogP contribution in [0, 0.1) is 0 Å². The lowest BCUT2D eigenvalue weighted by Gasteiger charge is -2.05. The average molecular weight is 330 g/mol. The lowest BCUT2D eigenvalue weighted by atomic mass is 10.1. The summed E-state index contributed by atoms with van der Waals surface area (Å²) in [5.41, 5.74) is 4.09. The molecule has 0 fully saturated rings. The second-order valence-electron chi connectivity index (χ2n) is 5.86. The number of carbonyl (C=O) groups excluding carboxylic acids is 1. The number of fused-ring (bicyclic) bond motifs is 1. The Kier molecular flexibility index (Phi) is 3.82. The minimum atomic E-state index is -0.205. The number of benzene rings is 2. The van der Waals surface area contributed by atoms with Crippen molar-refractivity contribution in [2.24, 2.45) is 0 Å². The highest BCUT2D eigenvalue weighted by atomic mass is 16.1. The van der Waals surface area contributed by atoms with Gasteiger partial charge in [0.15, 0.2) is 0 Å². The van der Waals surface area contributed by atoms with Crippen molar-refractivity contribution >= 4 is 22.5 Å². The molecule has 2 aromatic carbocycles. The molecule has 0 radical (unpaired) electrons. The highest BCUT2D eigenvalue weighted by Crippen LogP contribution is 2.22. The van der Waals surface area contributed by atoms with Crippen LogP contribution in [0.5, 0.6) is 0 Å². The molecule has 124 valence electrons. The van der Waals surface area contributed by atoms with Crippen LogP contribution in [0.4, 0.5) is 5.69 Å². The van der Waals surface area contributed by atoms with Crippen molar-refractivity contribution in [1.82, 2.24) is 14.8 Å². The average Bonchev–Trinajstić information content (AvgIpc) is 3.29. The van der Waals surface area contributed by atoms with E-state index in [-0.39, 0.29) is 5.91 Å². The van der Waals surface area contributed by atoms with Gasteiger partial charge in [-0.1, -0.05) is 30.3 Å². The molecule has 0 spiro atoms. The molecule has 5 heteroatoms. The van der Waals surface area contributed by atoms with Gasteiger partial charge >= 0.3 is 0 Å². The lowest BCUT2D eigenvalue weighted by Crippen LogP contribution is -2.12. The van der Waals surface area contributed by atoms with Gasteiger partial charge in [-0.25, -0.2) is 0 Å². The summed E-state index contributed by atoms with van der Waals surface area (Å²) in [5.74, 6) is -0.205. The summed E-state index contributed by atoms with van der Waals surface area (Å²) in [6, 6.07) is 19.5. The number of nitrogens with zero attached hydrogens (tertiary/aromatic N) is 2. The van der Waals surface area contributed by atoms with E-state index in [4.69, 9.17) is 0 Å². The third-order valence-corrected chi connectivity index (χ3v) is 4.26. The first kappa shape index (κ1) is 15.2. The summed E-state index contributed by atoms with van der Waals surface area (Å²) in [4.78, 5) is 12.5. The first-order chi connectivity index (χ1) is 12.2. The minimum Gasteiger partial charge on any atom is -0.348 e. The molecule has 0 aliphatic heterocycles. The van der Waals surface area contributed by atoms with Gasteiger partial charge < -0.3 is 9.88 Å². The van der Waals surface area contributed by atoms with E-state index in [9.17, 15) is 4.79 Å². The van der Waals surface area contributed by atoms with E-state index in [1.165, 1.54) is 0 Å². The van der Waals surface area contributed by atoms with Crippen molar-refractivity contribution in [3.63, 3.8) is 0 Å². The molecule has 0 aliphatic rings. The summed E-state index contributed by atoms with van der Waals surface area (Å²) in [6.07, 6.45) is 2.05. The Morgan fingerprint density at radius 2 is 1.96 bits per heavy atom. The molecular formula is C20H18N4O. The number of hydrogen-bond acceptors (Lipinski definition) is 2. The van der Waals surface area contributed by atoms with Gasteiger partial charge in [0.2, 0.25) is 0 Å². The predicted molar refractivity (Wildman–Crippen MR) is 99.6 cm³/mol. The van der Waals surface area contributed by atoms with Crippen LogP contribution in [0.25, 0.3) is 22.2 Å². The zero-order chi connectivity index (χ0) is 17.2. The number of H-pyrrole nitrogens is 1. The summed E-state index contributed by atoms with van der Waals surface area (Å²) >= 11 is 0. The standard InChI is InChI=1S/C20H18N4O/c1-2-24-11-10-15-12-16(8-9-19(15)24)21-20(25)18-13-17(22-23-18)14-6-4-3-5-7-14/h3-13H,2H2,1H3,(H,21,25)(H,22,23). The van der Waals surface area contributed by atoms with E-state index < -0.39 is 0 Å². The number of rotatable bonds is 4. The number of amides is 1. The molecule has 0 saturated carbocycles. The molecule has 25 heavy (non-hydrogen) atoms. The molecule has 0 saturated heterocycles. The van der Waals surface area contributed by atoms with Gasteiger partial charge in [-0.2, -0.15) is 5.10 Å². The second kappa shape index (κ2) is 6.28. The van der Waals surface area contributed by atoms with Crippen LogP contribution < -0.4 is 5.32 Å². The third-order valence-electron chi connectivity index (χ3n) is 4.26. The number of aromatic nitrogens is 3. The molecule has 1 amide bonds. The second-order valence-corrected chi connectivity index (χ2v) is 5.86. The number of hydrogen-bond donors (Lipinski definition) is 2. The molecular weight excluding hydrogens is 312 g/mol. The number of aromatic amines is 1. The molecule has 0 unspecified atom stereocenters. The Morgan fingerprint density at radius 1 is 1.12 bits per heavy atom. The summed E-state index contributed by atoms with van der Waals surface area (Å²) in [5, 5.41) is 11.1. The van der Waals surface area contributed by atoms with Crippen LogP contribution in [0.1, 0.15) is 17.4 Å². The van der Waals surface area contributed by atoms with Crippen LogP contribution in [-0.4, -0.2) is 20.7 Å². The zero-order valence-corrected chi connectivity index (χ0v) is 13.9. The molecule has 5 nitrogen and oxygen atoms in total. The van der Waals surface area contributed by atoms with Crippen molar-refractivity contribution in [3.05, 3.63) is 72.6 Å². The minimum absolute atomic E-state index is 0.205. The Morgan fingerprint density at radius 3 is 2.76 bits per heavy atom. The van der Waals surface area contributed by atoms with Crippen LogP contribution in [0.2, 0.25) is 0 Å². The number of carbonyl (C=O) groups is 1. The Hall–Kier alpha value is -3.34. The molecule has 2 aromatic heterocycles. The molecule has 4 aromatic rings. The topological polar surface area (TPSA) is 62.7 Å². The monoisotopic (exact) mass is 330 g/mol. The molecule has 0 aliphatic carbocycles. The van der Waals surface area contributed by atoms with E-state index >= 15 is 0 Å². The van der Waals surface area contributed by atoms with E-state index in [1.807, 2.05) is 48.5 Å². The first-order valence-electron chi connectivity index (χ1n) is 8.25. The quantitative estimate of drug-likeness (QED) is 0.586. The van der Waals surface area contributed by atoms with Gasteiger partial charge in [0.1, 0.15) is 5.69 Å². The fourth-order valence-electron chi connectivity index (χ4n) is 2.95. The van der Waals surface area contributed by atoms with E-state index in [0.717, 1.165) is 34.4 Å². The van der Waals surface area contributed by atoms with E-state index in [1.54, 1.807) is 6.07 Å². The number of nitrogens with one attached hydrogen (secondary N) is 2. The normalized spacial score (nSPS) is 10.9. The maximum Gasteiger partial charge on any atom is 0.273 e. The summed E-state index contributed by atoms with van der Waals surface area (Å²) < 4.78 is 2.17. The van der Waals surface area contributed by atoms with Crippen molar-refractivity contribution in [1.29, 1.82) is 0 Å². The van der Waals surface area contributed by atoms with Crippen LogP contribution in [-0.2, 0) is 6.54 Å². The fourth-order valence-corrected chi connectivity index (χ4v) is 2.95. The maximum atomic E-state index is 12.5. The van der Waals surface area contributed by atoms with Gasteiger partial charge in [-0.05, 0) is 37.3 Å². The van der Waals surface area contributed by atoms with Gasteiger partial charge in [0.25, 0.3) is 5.91 Å². The zero-order valence-electron chi connectivity index (χ0n) is 13.9. The summed E-state index contributed by atoms with van der Waals surface area (Å²) in [7, 11) is 0. The van der Waals surface area contributed by atoms with Crippen LogP contribution in [0.15, 0.2) is 66.9 Å². The largest absolute Gasteiger partial charge is 0.348 e. The Balaban J connectivity index is 1.55. The third kappa shape index (κ3) is 2.92. The molecule has 0 bridgehead atoms. The highest BCUT2D eigenvalue weighted by Gasteiger charge is 2.12. The van der Waals surface area contributed by atoms with Gasteiger partial charge in [0, 0.05) is 34.9 Å². The molecule has 0 atom stereocenters. The SMILES string of the molecule is CCn1ccc2cc(NC(=O)c3cc(-c4ccccc4)n[nH]3)ccc21. The van der Waals surface area contributed by atoms with Crippen LogP contribution in [0.3, 0.4) is 0 Å². The van der Waals surface area contributed by atoms with Crippen LogP contribution >= 0.6 is 0 Å². The highest BCUT2D eigenvalue weighted by molar-refractivity contribution is 6.04. The summed E-state index contributed by atoms with van der Waals surface area (Å²) in [6.45, 7) is 3.03. The number of anilines is 1. The van der Waals surface area contributed by atoms with Gasteiger partial charge in [-0.15, -0.1) is 0 Å². The van der Waals surface area contributed by atoms with Crippen molar-refractivity contribution < 1.29 is 4.79 Å². The van der Waals surface area contributed by atoms with Crippen molar-refractivity contribution in [2.75, 3.05) is 5.32 Å². The molecule has 2 N–H and O–H groups in total. The number of aryl methyl sites for hydroxylation is 1. The van der Waals surface area contributed by atoms with E-state index in [2.05, 4.69) is 39.3 Å². The van der Waals surface area contributed by atoms with Crippen molar-refractivity contribution in [2.45, 2.75) is 13.5 Å². The molecule has 2 heterocycles. The van der Waals surface area contributed by atoms with Gasteiger partial charge in [0.05, 0.1) is 5.69 Å². The first-order valence-corrected chi connectivity index (χ1v) is 8.25. The van der Waals surface area contributed by atoms with E-state index in [0.29, 0.717) is 5.69 Å². The molecule has 4 rings (SSSR count). The smallest absolute Gasteiger partial charge is 0.273 e.